The van der Waals surface area contributed by atoms with Gasteiger partial charge in [-0.05, 0) is 61.1 Å². The molecule has 220 valence electrons. The van der Waals surface area contributed by atoms with Crippen LogP contribution in [0.5, 0.6) is 23.0 Å². The first-order chi connectivity index (χ1) is 20.2. The summed E-state index contributed by atoms with van der Waals surface area (Å²) in [6.07, 6.45) is -2.81. The molecule has 2 heterocycles. The molecule has 3 atom stereocenters. The molecule has 0 saturated carbocycles. The fourth-order valence-corrected chi connectivity index (χ4v) is 5.01. The molecule has 1 aromatic heterocycles. The van der Waals surface area contributed by atoms with Crippen LogP contribution in [0.2, 0.25) is 0 Å². The molecule has 0 radical (unpaired) electrons. The molecule has 5 rings (SSSR count). The SMILES string of the molecule is COc1cccc(-c2cc(C(=O)Nc3cc4ccc(O[C@@H]5CN(C)C[C@@H](O)[C@H]5O)c(OC)c4oc3=O)ccc2OC)c1. The molecule has 11 heteroatoms. The summed E-state index contributed by atoms with van der Waals surface area (Å²) in [6.45, 7) is 0.692. The average Bonchev–Trinajstić information content (AvgIpc) is 2.99. The Balaban J connectivity index is 1.43. The predicted molar refractivity (Wildman–Crippen MR) is 156 cm³/mol. The van der Waals surface area contributed by atoms with Crippen LogP contribution in [0.25, 0.3) is 22.1 Å². The molecule has 11 nitrogen and oxygen atoms in total. The monoisotopic (exact) mass is 576 g/mol. The van der Waals surface area contributed by atoms with Gasteiger partial charge < -0.3 is 38.9 Å². The number of piperidine rings is 1. The molecule has 0 bridgehead atoms. The number of carbonyl (C=O) groups excluding carboxylic acids is 1. The molecule has 3 aromatic carbocycles. The van der Waals surface area contributed by atoms with E-state index < -0.39 is 29.8 Å². The fourth-order valence-electron chi connectivity index (χ4n) is 5.01. The number of anilines is 1. The molecule has 1 amide bonds. The van der Waals surface area contributed by atoms with Crippen molar-refractivity contribution in [3.63, 3.8) is 0 Å². The molecule has 42 heavy (non-hydrogen) atoms. The minimum absolute atomic E-state index is 0.0607. The summed E-state index contributed by atoms with van der Waals surface area (Å²) in [5, 5.41) is 23.7. The molecular weight excluding hydrogens is 544 g/mol. The quantitative estimate of drug-likeness (QED) is 0.268. The molecule has 0 unspecified atom stereocenters. The van der Waals surface area contributed by atoms with Crippen molar-refractivity contribution in [3.05, 3.63) is 76.6 Å². The zero-order valence-electron chi connectivity index (χ0n) is 23.6. The molecule has 3 N–H and O–H groups in total. The van der Waals surface area contributed by atoms with Gasteiger partial charge in [0.15, 0.2) is 11.3 Å². The van der Waals surface area contributed by atoms with Crippen LogP contribution in [0, 0.1) is 0 Å². The number of likely N-dealkylation sites (tertiary alicyclic amines) is 1. The second-order valence-electron chi connectivity index (χ2n) is 10.00. The maximum absolute atomic E-state index is 13.2. The highest BCUT2D eigenvalue weighted by Gasteiger charge is 2.35. The summed E-state index contributed by atoms with van der Waals surface area (Å²) in [4.78, 5) is 28.1. The number of likely N-dealkylation sites (N-methyl/N-ethyl adjacent to an activating group) is 1. The lowest BCUT2D eigenvalue weighted by Crippen LogP contribution is -2.56. The first-order valence-corrected chi connectivity index (χ1v) is 13.2. The van der Waals surface area contributed by atoms with Crippen molar-refractivity contribution in [2.45, 2.75) is 18.3 Å². The van der Waals surface area contributed by atoms with Gasteiger partial charge in [0.05, 0.1) is 27.4 Å². The third kappa shape index (κ3) is 5.75. The molecule has 4 aromatic rings. The van der Waals surface area contributed by atoms with E-state index in [1.807, 2.05) is 36.2 Å². The molecule has 1 fully saturated rings. The number of aliphatic hydroxyl groups excluding tert-OH is 2. The lowest BCUT2D eigenvalue weighted by Gasteiger charge is -2.37. The minimum Gasteiger partial charge on any atom is -0.497 e. The molecule has 1 saturated heterocycles. The number of benzene rings is 3. The minimum atomic E-state index is -1.10. The number of carbonyl (C=O) groups is 1. The number of hydrogen-bond donors (Lipinski definition) is 3. The van der Waals surface area contributed by atoms with Crippen molar-refractivity contribution in [1.82, 2.24) is 4.90 Å². The summed E-state index contributed by atoms with van der Waals surface area (Å²) in [7, 11) is 6.33. The van der Waals surface area contributed by atoms with E-state index in [4.69, 9.17) is 23.4 Å². The van der Waals surface area contributed by atoms with Gasteiger partial charge in [0.25, 0.3) is 5.91 Å². The van der Waals surface area contributed by atoms with E-state index in [-0.39, 0.29) is 22.8 Å². The predicted octanol–water partition coefficient (Wildman–Crippen LogP) is 3.15. The highest BCUT2D eigenvalue weighted by atomic mass is 16.5. The fraction of sp³-hybridized carbons (Fsp3) is 0.290. The van der Waals surface area contributed by atoms with Crippen LogP contribution in [0.4, 0.5) is 5.69 Å². The number of rotatable bonds is 8. The van der Waals surface area contributed by atoms with Gasteiger partial charge in [-0.1, -0.05) is 12.1 Å². The first kappa shape index (κ1) is 28.9. The van der Waals surface area contributed by atoms with Crippen molar-refractivity contribution >= 4 is 22.6 Å². The Morgan fingerprint density at radius 1 is 0.952 bits per heavy atom. The topological polar surface area (TPSA) is 140 Å². The summed E-state index contributed by atoms with van der Waals surface area (Å²) < 4.78 is 27.9. The van der Waals surface area contributed by atoms with Crippen molar-refractivity contribution in [1.29, 1.82) is 0 Å². The average molecular weight is 577 g/mol. The number of aliphatic hydroxyl groups is 2. The Labute approximate surface area is 241 Å². The number of fused-ring (bicyclic) bond motifs is 1. The van der Waals surface area contributed by atoms with E-state index in [1.165, 1.54) is 13.2 Å². The Morgan fingerprint density at radius 2 is 1.74 bits per heavy atom. The second-order valence-corrected chi connectivity index (χ2v) is 10.00. The lowest BCUT2D eigenvalue weighted by atomic mass is 10.0. The smallest absolute Gasteiger partial charge is 0.360 e. The highest BCUT2D eigenvalue weighted by molar-refractivity contribution is 6.06. The van der Waals surface area contributed by atoms with Crippen LogP contribution < -0.4 is 29.9 Å². The first-order valence-electron chi connectivity index (χ1n) is 13.2. The molecule has 0 aliphatic carbocycles. The van der Waals surface area contributed by atoms with Crippen LogP contribution in [0.15, 0.2) is 69.9 Å². The normalized spacial score (nSPS) is 18.9. The number of methoxy groups -OCH3 is 3. The van der Waals surface area contributed by atoms with Gasteiger partial charge in [0.2, 0.25) is 5.75 Å². The third-order valence-electron chi connectivity index (χ3n) is 7.16. The van der Waals surface area contributed by atoms with Gasteiger partial charge >= 0.3 is 5.63 Å². The summed E-state index contributed by atoms with van der Waals surface area (Å²) >= 11 is 0. The zero-order chi connectivity index (χ0) is 30.0. The maximum Gasteiger partial charge on any atom is 0.360 e. The van der Waals surface area contributed by atoms with Crippen LogP contribution in [0.1, 0.15) is 10.4 Å². The van der Waals surface area contributed by atoms with Crippen molar-refractivity contribution in [2.75, 3.05) is 46.8 Å². The number of hydrogen-bond acceptors (Lipinski definition) is 10. The van der Waals surface area contributed by atoms with E-state index in [2.05, 4.69) is 5.32 Å². The largest absolute Gasteiger partial charge is 0.497 e. The number of nitrogens with zero attached hydrogens (tertiary/aromatic N) is 1. The van der Waals surface area contributed by atoms with Crippen LogP contribution in [-0.4, -0.2) is 80.8 Å². The Morgan fingerprint density at radius 3 is 2.48 bits per heavy atom. The summed E-state index contributed by atoms with van der Waals surface area (Å²) in [6, 6.07) is 17.1. The maximum atomic E-state index is 13.2. The molecular formula is C31H32N2O9. The highest BCUT2D eigenvalue weighted by Crippen LogP contribution is 2.37. The Hall–Kier alpha value is -4.58. The van der Waals surface area contributed by atoms with Gasteiger partial charge in [-0.25, -0.2) is 4.79 Å². The third-order valence-corrected chi connectivity index (χ3v) is 7.16. The van der Waals surface area contributed by atoms with Gasteiger partial charge in [-0.15, -0.1) is 0 Å². The zero-order valence-corrected chi connectivity index (χ0v) is 23.6. The Bertz CT molecular complexity index is 1670. The van der Waals surface area contributed by atoms with Crippen molar-refractivity contribution in [3.8, 4) is 34.1 Å². The number of nitrogens with one attached hydrogen (secondary N) is 1. The van der Waals surface area contributed by atoms with E-state index in [0.717, 1.165) is 5.56 Å². The van der Waals surface area contributed by atoms with Crippen molar-refractivity contribution in [2.24, 2.45) is 0 Å². The van der Waals surface area contributed by atoms with Gasteiger partial charge in [-0.2, -0.15) is 0 Å². The molecule has 0 spiro atoms. The van der Waals surface area contributed by atoms with Crippen LogP contribution in [-0.2, 0) is 0 Å². The van der Waals surface area contributed by atoms with Crippen molar-refractivity contribution < 1.29 is 38.4 Å². The van der Waals surface area contributed by atoms with Gasteiger partial charge in [-0.3, -0.25) is 9.69 Å². The van der Waals surface area contributed by atoms with Gasteiger partial charge in [0, 0.05) is 29.6 Å². The standard InChI is InChI=1S/C31H32N2O9/c1-33-15-23(34)27(35)26(16-33)41-25-11-8-18-14-22(31(37)42-28(18)29(25)40-4)32-30(36)19-9-10-24(39-3)21(13-19)17-6-5-7-20(12-17)38-2/h5-14,23,26-27,34-35H,15-16H2,1-4H3,(H,32,36)/t23-,26-,27-/m1/s1. The van der Waals surface area contributed by atoms with E-state index in [0.29, 0.717) is 41.1 Å². The number of β-amino-alcohol motifs (C(OH)–C–C–N with tert-alkyl or cyclic N) is 1. The van der Waals surface area contributed by atoms with E-state index >= 15 is 0 Å². The molecule has 1 aliphatic heterocycles. The number of ether oxygens (including phenoxy) is 4. The lowest BCUT2D eigenvalue weighted by molar-refractivity contribution is -0.0954. The van der Waals surface area contributed by atoms with Gasteiger partial charge in [0.1, 0.15) is 29.4 Å². The Kier molecular flexibility index (Phi) is 8.34. The van der Waals surface area contributed by atoms with Crippen LogP contribution >= 0.6 is 0 Å². The molecule has 1 aliphatic rings. The summed E-state index contributed by atoms with van der Waals surface area (Å²) in [5.74, 6) is 1.09. The second kappa shape index (κ2) is 12.1. The summed E-state index contributed by atoms with van der Waals surface area (Å²) in [5.41, 5.74) is 1.02. The van der Waals surface area contributed by atoms with E-state index in [9.17, 15) is 19.8 Å². The van der Waals surface area contributed by atoms with E-state index in [1.54, 1.807) is 44.6 Å². The number of amides is 1. The van der Waals surface area contributed by atoms with Crippen LogP contribution in [0.3, 0.4) is 0 Å².